The highest BCUT2D eigenvalue weighted by Gasteiger charge is 2.10. The van der Waals surface area contributed by atoms with Gasteiger partial charge in [-0.3, -0.25) is 0 Å². The van der Waals surface area contributed by atoms with E-state index in [1.165, 1.54) is 0 Å². The van der Waals surface area contributed by atoms with E-state index in [0.29, 0.717) is 12.8 Å². The lowest BCUT2D eigenvalue weighted by atomic mass is 10.2. The summed E-state index contributed by atoms with van der Waals surface area (Å²) in [5, 5.41) is 0. The van der Waals surface area contributed by atoms with Crippen molar-refractivity contribution in [3.8, 4) is 0 Å². The molecule has 0 aliphatic heterocycles. The van der Waals surface area contributed by atoms with E-state index in [9.17, 15) is 9.59 Å². The standard InChI is InChI=1S/C9H16O3/c1-3-9(5-7-11)12-8(2)4-6-10/h6-9H,3-5H2,1-2H3/t8-,9+/m1/s1. The Labute approximate surface area is 73.1 Å². The monoisotopic (exact) mass is 172 g/mol. The summed E-state index contributed by atoms with van der Waals surface area (Å²) in [5.74, 6) is 0. The second kappa shape index (κ2) is 6.98. The second-order valence-corrected chi connectivity index (χ2v) is 2.78. The van der Waals surface area contributed by atoms with Gasteiger partial charge in [0.2, 0.25) is 0 Å². The summed E-state index contributed by atoms with van der Waals surface area (Å²) >= 11 is 0. The van der Waals surface area contributed by atoms with Crippen molar-refractivity contribution in [1.82, 2.24) is 0 Å². The summed E-state index contributed by atoms with van der Waals surface area (Å²) in [5.41, 5.74) is 0. The van der Waals surface area contributed by atoms with Crippen LogP contribution >= 0.6 is 0 Å². The van der Waals surface area contributed by atoms with Crippen molar-refractivity contribution in [3.05, 3.63) is 0 Å². The molecule has 0 aromatic carbocycles. The maximum Gasteiger partial charge on any atom is 0.122 e. The number of carbonyl (C=O) groups is 2. The zero-order chi connectivity index (χ0) is 9.40. The largest absolute Gasteiger partial charge is 0.374 e. The first-order chi connectivity index (χ1) is 5.74. The van der Waals surface area contributed by atoms with Crippen molar-refractivity contribution in [3.63, 3.8) is 0 Å². The predicted octanol–water partition coefficient (Wildman–Crippen LogP) is 1.35. The van der Waals surface area contributed by atoms with Gasteiger partial charge in [0.15, 0.2) is 0 Å². The molecule has 0 aromatic heterocycles. The highest BCUT2D eigenvalue weighted by atomic mass is 16.5. The molecule has 0 heterocycles. The van der Waals surface area contributed by atoms with Crippen LogP contribution in [0.15, 0.2) is 0 Å². The first-order valence-corrected chi connectivity index (χ1v) is 4.27. The van der Waals surface area contributed by atoms with E-state index in [-0.39, 0.29) is 12.2 Å². The first kappa shape index (κ1) is 11.3. The van der Waals surface area contributed by atoms with Crippen molar-refractivity contribution in [2.75, 3.05) is 0 Å². The predicted molar refractivity (Wildman–Crippen MR) is 46.0 cm³/mol. The lowest BCUT2D eigenvalue weighted by Crippen LogP contribution is -2.20. The fraction of sp³-hybridized carbons (Fsp3) is 0.778. The molecule has 0 saturated carbocycles. The van der Waals surface area contributed by atoms with Crippen LogP contribution in [0, 0.1) is 0 Å². The molecule has 3 nitrogen and oxygen atoms in total. The number of carbonyl (C=O) groups excluding carboxylic acids is 2. The third-order valence-corrected chi connectivity index (χ3v) is 1.67. The summed E-state index contributed by atoms with van der Waals surface area (Å²) in [6.07, 6.45) is 3.20. The number of hydrogen-bond donors (Lipinski definition) is 0. The normalized spacial score (nSPS) is 15.2. The van der Waals surface area contributed by atoms with Crippen LogP contribution in [0.4, 0.5) is 0 Å². The van der Waals surface area contributed by atoms with Crippen LogP contribution in [0.1, 0.15) is 33.1 Å². The smallest absolute Gasteiger partial charge is 0.122 e. The summed E-state index contributed by atoms with van der Waals surface area (Å²) in [6, 6.07) is 0. The van der Waals surface area contributed by atoms with E-state index < -0.39 is 0 Å². The molecular weight excluding hydrogens is 156 g/mol. The molecule has 0 rings (SSSR count). The van der Waals surface area contributed by atoms with Gasteiger partial charge in [-0.25, -0.2) is 0 Å². The van der Waals surface area contributed by atoms with Gasteiger partial charge in [-0.15, -0.1) is 0 Å². The molecule has 0 aliphatic carbocycles. The first-order valence-electron chi connectivity index (χ1n) is 4.27. The molecular formula is C9H16O3. The quantitative estimate of drug-likeness (QED) is 0.544. The van der Waals surface area contributed by atoms with Crippen molar-refractivity contribution in [2.45, 2.75) is 45.3 Å². The Balaban J connectivity index is 3.67. The fourth-order valence-corrected chi connectivity index (χ4v) is 0.945. The van der Waals surface area contributed by atoms with Gasteiger partial charge in [0.25, 0.3) is 0 Å². The average molecular weight is 172 g/mol. The SMILES string of the molecule is CC[C@@H](CC=O)O[C@H](C)CC=O. The number of ether oxygens (including phenoxy) is 1. The van der Waals surface area contributed by atoms with E-state index in [2.05, 4.69) is 0 Å². The molecule has 70 valence electrons. The van der Waals surface area contributed by atoms with Crippen molar-refractivity contribution in [1.29, 1.82) is 0 Å². The van der Waals surface area contributed by atoms with Gasteiger partial charge < -0.3 is 14.3 Å². The van der Waals surface area contributed by atoms with E-state index in [1.807, 2.05) is 13.8 Å². The highest BCUT2D eigenvalue weighted by molar-refractivity contribution is 5.50. The third kappa shape index (κ3) is 5.02. The molecule has 0 fully saturated rings. The fourth-order valence-electron chi connectivity index (χ4n) is 0.945. The number of aldehydes is 2. The van der Waals surface area contributed by atoms with Gasteiger partial charge in [0.05, 0.1) is 12.2 Å². The van der Waals surface area contributed by atoms with Crippen molar-refractivity contribution < 1.29 is 14.3 Å². The van der Waals surface area contributed by atoms with E-state index in [4.69, 9.17) is 4.74 Å². The van der Waals surface area contributed by atoms with E-state index in [1.54, 1.807) is 0 Å². The Morgan fingerprint density at radius 3 is 2.25 bits per heavy atom. The Morgan fingerprint density at radius 2 is 1.83 bits per heavy atom. The molecule has 0 saturated heterocycles. The topological polar surface area (TPSA) is 43.4 Å². The van der Waals surface area contributed by atoms with Crippen LogP contribution in [0.3, 0.4) is 0 Å². The molecule has 0 spiro atoms. The minimum absolute atomic E-state index is 0.0301. The van der Waals surface area contributed by atoms with Gasteiger partial charge >= 0.3 is 0 Å². The van der Waals surface area contributed by atoms with Gasteiger partial charge in [0.1, 0.15) is 12.6 Å². The molecule has 0 N–H and O–H groups in total. The Hall–Kier alpha value is -0.700. The van der Waals surface area contributed by atoms with Gasteiger partial charge in [-0.2, -0.15) is 0 Å². The van der Waals surface area contributed by atoms with Gasteiger partial charge in [-0.1, -0.05) is 6.92 Å². The lowest BCUT2D eigenvalue weighted by molar-refractivity contribution is -0.114. The van der Waals surface area contributed by atoms with E-state index >= 15 is 0 Å². The molecule has 0 radical (unpaired) electrons. The molecule has 0 amide bonds. The molecule has 0 unspecified atom stereocenters. The maximum absolute atomic E-state index is 10.2. The summed E-state index contributed by atoms with van der Waals surface area (Å²) < 4.78 is 5.42. The van der Waals surface area contributed by atoms with Gasteiger partial charge in [0, 0.05) is 12.8 Å². The minimum atomic E-state index is -0.0765. The van der Waals surface area contributed by atoms with Crippen molar-refractivity contribution in [2.24, 2.45) is 0 Å². The van der Waals surface area contributed by atoms with Crippen LogP contribution < -0.4 is 0 Å². The summed E-state index contributed by atoms with van der Waals surface area (Å²) in [7, 11) is 0. The highest BCUT2D eigenvalue weighted by Crippen LogP contribution is 2.07. The van der Waals surface area contributed by atoms with Crippen LogP contribution in [-0.2, 0) is 14.3 Å². The Kier molecular flexibility index (Phi) is 6.57. The number of hydrogen-bond acceptors (Lipinski definition) is 3. The summed E-state index contributed by atoms with van der Waals surface area (Å²) in [4.78, 5) is 20.3. The third-order valence-electron chi connectivity index (χ3n) is 1.67. The lowest BCUT2D eigenvalue weighted by Gasteiger charge is -2.17. The number of rotatable bonds is 7. The van der Waals surface area contributed by atoms with Crippen LogP contribution in [0.25, 0.3) is 0 Å². The molecule has 0 aliphatic rings. The minimum Gasteiger partial charge on any atom is -0.374 e. The van der Waals surface area contributed by atoms with Crippen LogP contribution in [0.2, 0.25) is 0 Å². The van der Waals surface area contributed by atoms with Crippen LogP contribution in [0.5, 0.6) is 0 Å². The van der Waals surface area contributed by atoms with Crippen LogP contribution in [-0.4, -0.2) is 24.8 Å². The molecule has 0 bridgehead atoms. The molecule has 12 heavy (non-hydrogen) atoms. The summed E-state index contributed by atoms with van der Waals surface area (Å²) in [6.45, 7) is 3.80. The Morgan fingerprint density at radius 1 is 1.25 bits per heavy atom. The van der Waals surface area contributed by atoms with E-state index in [0.717, 1.165) is 19.0 Å². The Bertz CT molecular complexity index is 134. The zero-order valence-corrected chi connectivity index (χ0v) is 7.66. The average Bonchev–Trinajstić information content (AvgIpc) is 2.04. The second-order valence-electron chi connectivity index (χ2n) is 2.78. The maximum atomic E-state index is 10.2. The van der Waals surface area contributed by atoms with Crippen molar-refractivity contribution >= 4 is 12.6 Å². The molecule has 0 aromatic rings. The molecule has 2 atom stereocenters. The molecule has 3 heteroatoms. The van der Waals surface area contributed by atoms with Gasteiger partial charge in [-0.05, 0) is 13.3 Å². The zero-order valence-electron chi connectivity index (χ0n) is 7.66.